The van der Waals surface area contributed by atoms with Gasteiger partial charge in [0.2, 0.25) is 5.91 Å². The molecular weight excluding hydrogens is 320 g/mol. The van der Waals surface area contributed by atoms with Crippen LogP contribution < -0.4 is 5.32 Å². The standard InChI is InChI=1S/C15H20N2O5S/c1-4-9(2)13(15(19)20)16-14(18)10(3)23-12-7-5-11(6-8-12)17(21)22/h5-10,13H,4H2,1-3H3,(H,16,18)(H,19,20)/t9-,10?,13-/m0/s1. The summed E-state index contributed by atoms with van der Waals surface area (Å²) in [5, 5.41) is 21.8. The number of thioether (sulfide) groups is 1. The summed E-state index contributed by atoms with van der Waals surface area (Å²) in [6.07, 6.45) is 0.640. The topological polar surface area (TPSA) is 110 Å². The smallest absolute Gasteiger partial charge is 0.326 e. The van der Waals surface area contributed by atoms with Crippen molar-refractivity contribution >= 4 is 29.3 Å². The Bertz CT molecular complexity index is 576. The van der Waals surface area contributed by atoms with Gasteiger partial charge >= 0.3 is 5.97 Å². The molecule has 0 heterocycles. The molecule has 0 bridgehead atoms. The third-order valence-corrected chi connectivity index (χ3v) is 4.62. The van der Waals surface area contributed by atoms with E-state index in [0.29, 0.717) is 11.3 Å². The zero-order valence-electron chi connectivity index (χ0n) is 13.2. The lowest BCUT2D eigenvalue weighted by molar-refractivity contribution is -0.384. The predicted molar refractivity (Wildman–Crippen MR) is 87.4 cm³/mol. The van der Waals surface area contributed by atoms with Crippen molar-refractivity contribution in [1.82, 2.24) is 5.32 Å². The van der Waals surface area contributed by atoms with Crippen LogP contribution in [-0.2, 0) is 9.59 Å². The first-order valence-electron chi connectivity index (χ1n) is 7.20. The normalized spacial score (nSPS) is 14.6. The highest BCUT2D eigenvalue weighted by atomic mass is 32.2. The number of non-ortho nitro benzene ring substituents is 1. The van der Waals surface area contributed by atoms with Crippen LogP contribution in [0.25, 0.3) is 0 Å². The fraction of sp³-hybridized carbons (Fsp3) is 0.467. The van der Waals surface area contributed by atoms with E-state index in [0.717, 1.165) is 0 Å². The van der Waals surface area contributed by atoms with Crippen molar-refractivity contribution in [2.75, 3.05) is 0 Å². The summed E-state index contributed by atoms with van der Waals surface area (Å²) in [7, 11) is 0. The predicted octanol–water partition coefficient (Wildman–Crippen LogP) is 2.69. The minimum atomic E-state index is -1.06. The number of carbonyl (C=O) groups is 2. The maximum Gasteiger partial charge on any atom is 0.326 e. The molecular formula is C15H20N2O5S. The average Bonchev–Trinajstić information content (AvgIpc) is 2.51. The van der Waals surface area contributed by atoms with Gasteiger partial charge in [-0.3, -0.25) is 14.9 Å². The molecule has 0 spiro atoms. The van der Waals surface area contributed by atoms with Gasteiger partial charge in [-0.2, -0.15) is 0 Å². The Labute approximate surface area is 138 Å². The summed E-state index contributed by atoms with van der Waals surface area (Å²) in [6, 6.07) is 4.94. The number of benzene rings is 1. The second-order valence-corrected chi connectivity index (χ2v) is 6.64. The van der Waals surface area contributed by atoms with Gasteiger partial charge < -0.3 is 10.4 Å². The van der Waals surface area contributed by atoms with Crippen LogP contribution >= 0.6 is 11.8 Å². The van der Waals surface area contributed by atoms with Gasteiger partial charge in [-0.15, -0.1) is 11.8 Å². The quantitative estimate of drug-likeness (QED) is 0.428. The van der Waals surface area contributed by atoms with E-state index in [1.54, 1.807) is 26.0 Å². The van der Waals surface area contributed by atoms with E-state index in [-0.39, 0.29) is 17.5 Å². The van der Waals surface area contributed by atoms with Gasteiger partial charge in [0.25, 0.3) is 5.69 Å². The second-order valence-electron chi connectivity index (χ2n) is 5.22. The van der Waals surface area contributed by atoms with Crippen molar-refractivity contribution < 1.29 is 19.6 Å². The van der Waals surface area contributed by atoms with Crippen molar-refractivity contribution in [1.29, 1.82) is 0 Å². The van der Waals surface area contributed by atoms with Gasteiger partial charge in [-0.05, 0) is 25.0 Å². The molecule has 1 aromatic carbocycles. The van der Waals surface area contributed by atoms with E-state index >= 15 is 0 Å². The van der Waals surface area contributed by atoms with Gasteiger partial charge in [0.15, 0.2) is 0 Å². The second kappa shape index (κ2) is 8.52. The Morgan fingerprint density at radius 2 is 1.87 bits per heavy atom. The molecule has 0 aliphatic rings. The summed E-state index contributed by atoms with van der Waals surface area (Å²) < 4.78 is 0. The van der Waals surface area contributed by atoms with Crippen molar-refractivity contribution in [2.24, 2.45) is 5.92 Å². The number of hydrogen-bond acceptors (Lipinski definition) is 5. The lowest BCUT2D eigenvalue weighted by atomic mass is 9.99. The van der Waals surface area contributed by atoms with E-state index in [9.17, 15) is 24.8 Å². The molecule has 2 N–H and O–H groups in total. The zero-order valence-corrected chi connectivity index (χ0v) is 14.0. The molecule has 1 rings (SSSR count). The van der Waals surface area contributed by atoms with Crippen LogP contribution in [0.4, 0.5) is 5.69 Å². The molecule has 0 aliphatic heterocycles. The van der Waals surface area contributed by atoms with Crippen molar-refractivity contribution in [3.05, 3.63) is 34.4 Å². The molecule has 0 radical (unpaired) electrons. The first kappa shape index (κ1) is 19.0. The van der Waals surface area contributed by atoms with Gasteiger partial charge in [-0.25, -0.2) is 4.79 Å². The van der Waals surface area contributed by atoms with Crippen molar-refractivity contribution in [3.8, 4) is 0 Å². The number of carbonyl (C=O) groups excluding carboxylic acids is 1. The molecule has 3 atom stereocenters. The lowest BCUT2D eigenvalue weighted by Gasteiger charge is -2.22. The third kappa shape index (κ3) is 5.55. The minimum Gasteiger partial charge on any atom is -0.480 e. The Balaban J connectivity index is 2.69. The van der Waals surface area contributed by atoms with E-state index in [1.807, 2.05) is 6.92 Å². The number of carboxylic acid groups (broad SMARTS) is 1. The number of carboxylic acids is 1. The highest BCUT2D eigenvalue weighted by Gasteiger charge is 2.27. The largest absolute Gasteiger partial charge is 0.480 e. The molecule has 23 heavy (non-hydrogen) atoms. The van der Waals surface area contributed by atoms with Gasteiger partial charge in [0, 0.05) is 17.0 Å². The van der Waals surface area contributed by atoms with Crippen molar-refractivity contribution in [3.63, 3.8) is 0 Å². The Morgan fingerprint density at radius 3 is 2.30 bits per heavy atom. The van der Waals surface area contributed by atoms with Crippen LogP contribution in [0.5, 0.6) is 0 Å². The van der Waals surface area contributed by atoms with Crippen LogP contribution in [0.1, 0.15) is 27.2 Å². The van der Waals surface area contributed by atoms with Gasteiger partial charge in [-0.1, -0.05) is 20.3 Å². The van der Waals surface area contributed by atoms with Crippen LogP contribution in [0.3, 0.4) is 0 Å². The monoisotopic (exact) mass is 340 g/mol. The summed E-state index contributed by atoms with van der Waals surface area (Å²) in [5.41, 5.74) is -0.0193. The van der Waals surface area contributed by atoms with Crippen LogP contribution in [-0.4, -0.2) is 33.2 Å². The SMILES string of the molecule is CC[C@H](C)[C@H](NC(=O)C(C)Sc1ccc([N+](=O)[O-])cc1)C(=O)O. The third-order valence-electron chi connectivity index (χ3n) is 3.51. The average molecular weight is 340 g/mol. The fourth-order valence-electron chi connectivity index (χ4n) is 1.86. The Morgan fingerprint density at radius 1 is 1.30 bits per heavy atom. The van der Waals surface area contributed by atoms with E-state index in [1.165, 1.54) is 23.9 Å². The molecule has 7 nitrogen and oxygen atoms in total. The summed E-state index contributed by atoms with van der Waals surface area (Å²) >= 11 is 1.22. The Hall–Kier alpha value is -2.09. The molecule has 0 aliphatic carbocycles. The molecule has 126 valence electrons. The van der Waals surface area contributed by atoms with Gasteiger partial charge in [0.1, 0.15) is 6.04 Å². The highest BCUT2D eigenvalue weighted by molar-refractivity contribution is 8.00. The lowest BCUT2D eigenvalue weighted by Crippen LogP contribution is -2.47. The molecule has 0 fully saturated rings. The summed E-state index contributed by atoms with van der Waals surface area (Å²) in [6.45, 7) is 5.30. The summed E-state index contributed by atoms with van der Waals surface area (Å²) in [5.74, 6) is -1.60. The minimum absolute atomic E-state index is 0.0193. The van der Waals surface area contributed by atoms with Crippen LogP contribution in [0.2, 0.25) is 0 Å². The maximum absolute atomic E-state index is 12.2. The molecule has 1 unspecified atom stereocenters. The molecule has 0 aromatic heterocycles. The zero-order chi connectivity index (χ0) is 17.6. The number of rotatable bonds is 8. The molecule has 1 amide bonds. The first-order chi connectivity index (χ1) is 10.8. The molecule has 0 saturated heterocycles. The van der Waals surface area contributed by atoms with E-state index in [2.05, 4.69) is 5.32 Å². The van der Waals surface area contributed by atoms with E-state index < -0.39 is 22.2 Å². The fourth-order valence-corrected chi connectivity index (χ4v) is 2.73. The molecule has 0 saturated carbocycles. The van der Waals surface area contributed by atoms with E-state index in [4.69, 9.17) is 0 Å². The Kier molecular flexibility index (Phi) is 7.02. The number of aliphatic carboxylic acids is 1. The number of amides is 1. The number of nitro groups is 1. The number of nitro benzene ring substituents is 1. The van der Waals surface area contributed by atoms with Crippen molar-refractivity contribution in [2.45, 2.75) is 43.4 Å². The number of hydrogen-bond donors (Lipinski definition) is 2. The summed E-state index contributed by atoms with van der Waals surface area (Å²) in [4.78, 5) is 34.2. The number of nitrogens with one attached hydrogen (secondary N) is 1. The molecule has 1 aromatic rings. The van der Waals surface area contributed by atoms with Gasteiger partial charge in [0.05, 0.1) is 10.2 Å². The first-order valence-corrected chi connectivity index (χ1v) is 8.08. The highest BCUT2D eigenvalue weighted by Crippen LogP contribution is 2.25. The van der Waals surface area contributed by atoms with Crippen LogP contribution in [0, 0.1) is 16.0 Å². The maximum atomic E-state index is 12.2. The van der Waals surface area contributed by atoms with Crippen LogP contribution in [0.15, 0.2) is 29.2 Å². The molecule has 8 heteroatoms. The number of nitrogens with zero attached hydrogens (tertiary/aromatic N) is 1.